The van der Waals surface area contributed by atoms with Crippen molar-refractivity contribution in [3.05, 3.63) is 29.1 Å². The van der Waals surface area contributed by atoms with Gasteiger partial charge in [0, 0.05) is 17.8 Å². The number of fused-ring (bicyclic) bond motifs is 9. The van der Waals surface area contributed by atoms with Gasteiger partial charge in [-0.1, -0.05) is 44.6 Å². The molecule has 0 unspecified atom stereocenters. The van der Waals surface area contributed by atoms with Gasteiger partial charge in [0.05, 0.1) is 0 Å². The van der Waals surface area contributed by atoms with Crippen LogP contribution in [0.2, 0.25) is 0 Å². The first kappa shape index (κ1) is 13.1. The molecule has 104 valence electrons. The summed E-state index contributed by atoms with van der Waals surface area (Å²) in [5.41, 5.74) is 4.51. The first-order chi connectivity index (χ1) is 9.43. The largest absolute Gasteiger partial charge is 0.260 e. The highest BCUT2D eigenvalue weighted by molar-refractivity contribution is 5.30. The molecule has 1 aliphatic heterocycles. The maximum Gasteiger partial charge on any atom is 0.0466 e. The van der Waals surface area contributed by atoms with Crippen LogP contribution >= 0.6 is 0 Å². The van der Waals surface area contributed by atoms with Gasteiger partial charge in [0.25, 0.3) is 0 Å². The zero-order valence-corrected chi connectivity index (χ0v) is 12.2. The number of hydrogen-bond acceptors (Lipinski definition) is 1. The van der Waals surface area contributed by atoms with Gasteiger partial charge in [0.1, 0.15) is 0 Å². The normalized spacial score (nSPS) is 24.9. The number of aromatic nitrogens is 1. The van der Waals surface area contributed by atoms with E-state index >= 15 is 0 Å². The summed E-state index contributed by atoms with van der Waals surface area (Å²) in [5.74, 6) is 0.765. The number of hydrogen-bond donors (Lipinski definition) is 0. The van der Waals surface area contributed by atoms with Gasteiger partial charge in [0.15, 0.2) is 0 Å². The van der Waals surface area contributed by atoms with Gasteiger partial charge in [-0.3, -0.25) is 4.98 Å². The second-order valence-corrected chi connectivity index (χ2v) is 6.49. The topological polar surface area (TPSA) is 12.9 Å². The lowest BCUT2D eigenvalue weighted by molar-refractivity contribution is 0.469. The molecule has 0 saturated carbocycles. The van der Waals surface area contributed by atoms with Gasteiger partial charge in [-0.2, -0.15) is 0 Å². The predicted octanol–water partition coefficient (Wildman–Crippen LogP) is 5.18. The molecule has 1 nitrogen and oxygen atoms in total. The number of nitrogens with zero attached hydrogens (tertiary/aromatic N) is 1. The average Bonchev–Trinajstić information content (AvgIpc) is 2.45. The van der Waals surface area contributed by atoms with Crippen molar-refractivity contribution in [2.75, 3.05) is 0 Å². The summed E-state index contributed by atoms with van der Waals surface area (Å²) in [6.45, 7) is 0. The lowest BCUT2D eigenvalue weighted by Gasteiger charge is -2.25. The number of pyridine rings is 1. The molecule has 0 aromatic carbocycles. The summed E-state index contributed by atoms with van der Waals surface area (Å²) in [6, 6.07) is 2.47. The fourth-order valence-corrected chi connectivity index (χ4v) is 3.84. The standard InChI is InChI=1S/C18H27N/c1-2-4-6-9-15-13-17-12-8-11-16(10-7-5-3-1)18(17)19-14-15/h13-14,16H,1-12H2/t16-/m0/s1. The van der Waals surface area contributed by atoms with E-state index in [-0.39, 0.29) is 0 Å². The van der Waals surface area contributed by atoms with E-state index in [0.29, 0.717) is 0 Å². The molecule has 0 radical (unpaired) electrons. The molecule has 4 rings (SSSR count). The highest BCUT2D eigenvalue weighted by atomic mass is 14.7. The Labute approximate surface area is 117 Å². The maximum absolute atomic E-state index is 4.85. The van der Waals surface area contributed by atoms with E-state index < -0.39 is 0 Å². The smallest absolute Gasteiger partial charge is 0.0466 e. The Morgan fingerprint density at radius 2 is 1.53 bits per heavy atom. The minimum Gasteiger partial charge on any atom is -0.260 e. The van der Waals surface area contributed by atoms with Crippen LogP contribution in [0.4, 0.5) is 0 Å². The maximum atomic E-state index is 4.85. The third-order valence-electron chi connectivity index (χ3n) is 4.96. The van der Waals surface area contributed by atoms with Gasteiger partial charge in [-0.05, 0) is 49.7 Å². The third-order valence-corrected chi connectivity index (χ3v) is 4.96. The number of rotatable bonds is 0. The van der Waals surface area contributed by atoms with Gasteiger partial charge in [0.2, 0.25) is 0 Å². The Bertz CT molecular complexity index is 410. The van der Waals surface area contributed by atoms with Gasteiger partial charge >= 0.3 is 0 Å². The van der Waals surface area contributed by atoms with E-state index in [0.717, 1.165) is 5.92 Å². The molecule has 4 bridgehead atoms. The lowest BCUT2D eigenvalue weighted by atomic mass is 9.82. The molecule has 2 heterocycles. The van der Waals surface area contributed by atoms with Crippen LogP contribution in [0.5, 0.6) is 0 Å². The van der Waals surface area contributed by atoms with E-state index in [1.165, 1.54) is 88.3 Å². The fourth-order valence-electron chi connectivity index (χ4n) is 3.84. The molecule has 1 aromatic rings. The Hall–Kier alpha value is -0.850. The van der Waals surface area contributed by atoms with Crippen molar-refractivity contribution in [1.29, 1.82) is 0 Å². The Balaban J connectivity index is 1.80. The molecule has 0 fully saturated rings. The molecule has 1 heteroatoms. The minimum absolute atomic E-state index is 0.765. The van der Waals surface area contributed by atoms with Gasteiger partial charge < -0.3 is 0 Å². The van der Waals surface area contributed by atoms with Crippen LogP contribution in [0, 0.1) is 0 Å². The Morgan fingerprint density at radius 3 is 2.42 bits per heavy atom. The average molecular weight is 257 g/mol. The molecule has 0 N–H and O–H groups in total. The Morgan fingerprint density at radius 1 is 0.789 bits per heavy atom. The third kappa shape index (κ3) is 3.38. The highest BCUT2D eigenvalue weighted by Crippen LogP contribution is 2.34. The van der Waals surface area contributed by atoms with E-state index in [2.05, 4.69) is 12.3 Å². The van der Waals surface area contributed by atoms with E-state index in [1.807, 2.05) is 0 Å². The van der Waals surface area contributed by atoms with Gasteiger partial charge in [-0.25, -0.2) is 0 Å². The van der Waals surface area contributed by atoms with Crippen LogP contribution in [0.15, 0.2) is 12.3 Å². The second-order valence-electron chi connectivity index (χ2n) is 6.49. The molecule has 1 aromatic heterocycles. The van der Waals surface area contributed by atoms with Crippen molar-refractivity contribution in [2.24, 2.45) is 0 Å². The van der Waals surface area contributed by atoms with Crippen LogP contribution in [-0.4, -0.2) is 4.98 Å². The summed E-state index contributed by atoms with van der Waals surface area (Å²) >= 11 is 0. The van der Waals surface area contributed by atoms with E-state index in [4.69, 9.17) is 4.98 Å². The van der Waals surface area contributed by atoms with Crippen molar-refractivity contribution in [3.8, 4) is 0 Å². The molecule has 0 saturated heterocycles. The van der Waals surface area contributed by atoms with Crippen molar-refractivity contribution >= 4 is 0 Å². The Kier molecular flexibility index (Phi) is 4.53. The van der Waals surface area contributed by atoms with Gasteiger partial charge in [-0.15, -0.1) is 0 Å². The van der Waals surface area contributed by atoms with Crippen LogP contribution in [0.1, 0.15) is 86.9 Å². The summed E-state index contributed by atoms with van der Waals surface area (Å²) in [5, 5.41) is 0. The molecule has 0 spiro atoms. The quantitative estimate of drug-likeness (QED) is 0.624. The molecular weight excluding hydrogens is 230 g/mol. The van der Waals surface area contributed by atoms with Crippen LogP contribution < -0.4 is 0 Å². The zero-order valence-electron chi connectivity index (χ0n) is 12.2. The fraction of sp³-hybridized carbons (Fsp3) is 0.722. The summed E-state index contributed by atoms with van der Waals surface area (Å²) < 4.78 is 0. The molecule has 0 amide bonds. The molecule has 19 heavy (non-hydrogen) atoms. The van der Waals surface area contributed by atoms with Crippen molar-refractivity contribution in [1.82, 2.24) is 4.98 Å². The number of aryl methyl sites for hydroxylation is 2. The van der Waals surface area contributed by atoms with Crippen molar-refractivity contribution < 1.29 is 0 Å². The molecule has 2 aliphatic carbocycles. The molecular formula is C18H27N. The summed E-state index contributed by atoms with van der Waals surface area (Å²) in [7, 11) is 0. The van der Waals surface area contributed by atoms with Crippen molar-refractivity contribution in [3.63, 3.8) is 0 Å². The highest BCUT2D eigenvalue weighted by Gasteiger charge is 2.21. The van der Waals surface area contributed by atoms with E-state index in [9.17, 15) is 0 Å². The van der Waals surface area contributed by atoms with Crippen LogP contribution in [0.25, 0.3) is 0 Å². The molecule has 1 atom stereocenters. The first-order valence-electron chi connectivity index (χ1n) is 8.41. The molecule has 3 aliphatic rings. The van der Waals surface area contributed by atoms with E-state index in [1.54, 1.807) is 5.56 Å². The summed E-state index contributed by atoms with van der Waals surface area (Å²) in [4.78, 5) is 4.85. The minimum atomic E-state index is 0.765. The van der Waals surface area contributed by atoms with Crippen molar-refractivity contribution in [2.45, 2.75) is 83.0 Å². The summed E-state index contributed by atoms with van der Waals surface area (Å²) in [6.07, 6.45) is 18.7. The monoisotopic (exact) mass is 257 g/mol. The first-order valence-corrected chi connectivity index (χ1v) is 8.41. The second kappa shape index (κ2) is 6.54. The SMILES string of the molecule is c1nc2c3cc1CCCCCCCCC[C@H]2CCC3. The lowest BCUT2D eigenvalue weighted by Crippen LogP contribution is -2.13. The van der Waals surface area contributed by atoms with Crippen LogP contribution in [-0.2, 0) is 12.8 Å². The zero-order chi connectivity index (χ0) is 12.9. The predicted molar refractivity (Wildman–Crippen MR) is 80.6 cm³/mol. The van der Waals surface area contributed by atoms with Crippen LogP contribution in [0.3, 0.4) is 0 Å².